The van der Waals surface area contributed by atoms with Gasteiger partial charge in [0, 0.05) is 13.3 Å². The van der Waals surface area contributed by atoms with Crippen LogP contribution in [0.15, 0.2) is 30.3 Å². The number of benzene rings is 1. The van der Waals surface area contributed by atoms with E-state index in [1.807, 2.05) is 30.3 Å². The summed E-state index contributed by atoms with van der Waals surface area (Å²) in [6, 6.07) is 8.60. The molecule has 5 heteroatoms. The van der Waals surface area contributed by atoms with Crippen LogP contribution in [-0.4, -0.2) is 37.2 Å². The summed E-state index contributed by atoms with van der Waals surface area (Å²) in [5, 5.41) is 1.03. The third-order valence-corrected chi connectivity index (χ3v) is 2.54. The van der Waals surface area contributed by atoms with E-state index in [1.54, 1.807) is 0 Å². The first-order valence-corrected chi connectivity index (χ1v) is 5.55. The van der Waals surface area contributed by atoms with Gasteiger partial charge < -0.3 is 4.74 Å². The normalized spacial score (nSPS) is 11.7. The number of esters is 1. The molecule has 1 atom stereocenters. The van der Waals surface area contributed by atoms with Gasteiger partial charge in [-0.05, 0) is 5.56 Å². The Balaban J connectivity index is 2.91. The Kier molecular flexibility index (Phi) is 5.32. The summed E-state index contributed by atoms with van der Waals surface area (Å²) < 4.78 is 4.70. The van der Waals surface area contributed by atoms with E-state index in [0.29, 0.717) is 6.42 Å². The average Bonchev–Trinajstić information content (AvgIpc) is 2.38. The van der Waals surface area contributed by atoms with Crippen molar-refractivity contribution in [1.29, 1.82) is 0 Å². The van der Waals surface area contributed by atoms with Gasteiger partial charge in [0.1, 0.15) is 0 Å². The minimum atomic E-state index is -0.778. The van der Waals surface area contributed by atoms with Crippen molar-refractivity contribution in [3.8, 4) is 0 Å². The average molecular weight is 251 g/mol. The van der Waals surface area contributed by atoms with Crippen LogP contribution >= 0.6 is 0 Å². The second-order valence-corrected chi connectivity index (χ2v) is 3.76. The zero-order chi connectivity index (χ0) is 13.5. The van der Waals surface area contributed by atoms with Gasteiger partial charge in [0.15, 0.2) is 6.04 Å². The third-order valence-electron chi connectivity index (χ3n) is 2.54. The first kappa shape index (κ1) is 14.2. The van der Waals surface area contributed by atoms with E-state index in [4.69, 9.17) is 9.57 Å². The summed E-state index contributed by atoms with van der Waals surface area (Å²) in [6.07, 6.45) is 0.348. The highest BCUT2D eigenvalue weighted by Crippen LogP contribution is 2.11. The zero-order valence-corrected chi connectivity index (χ0v) is 10.8. The van der Waals surface area contributed by atoms with Crippen molar-refractivity contribution < 1.29 is 19.2 Å². The molecule has 0 radical (unpaired) electrons. The number of nitrogens with zero attached hydrogens (tertiary/aromatic N) is 1. The summed E-state index contributed by atoms with van der Waals surface area (Å²) in [6.45, 7) is 1.34. The minimum absolute atomic E-state index is 0.344. The van der Waals surface area contributed by atoms with Crippen molar-refractivity contribution in [2.45, 2.75) is 19.4 Å². The second kappa shape index (κ2) is 6.76. The lowest BCUT2D eigenvalue weighted by Crippen LogP contribution is -2.45. The summed E-state index contributed by atoms with van der Waals surface area (Å²) in [5.74, 6) is -0.847. The molecule has 0 N–H and O–H groups in total. The van der Waals surface area contributed by atoms with E-state index < -0.39 is 12.0 Å². The maximum atomic E-state index is 11.7. The summed E-state index contributed by atoms with van der Waals surface area (Å²) >= 11 is 0. The number of rotatable bonds is 5. The van der Waals surface area contributed by atoms with Gasteiger partial charge in [-0.2, -0.15) is 0 Å². The standard InChI is InChI=1S/C13H17NO4/c1-10(15)14(18-3)12(13(16)17-2)9-11-7-5-4-6-8-11/h4-8,12H,9H2,1-3H3. The monoisotopic (exact) mass is 251 g/mol. The molecule has 0 heterocycles. The Morgan fingerprint density at radius 1 is 1.22 bits per heavy atom. The van der Waals surface area contributed by atoms with Gasteiger partial charge in [0.25, 0.3) is 0 Å². The summed E-state index contributed by atoms with van der Waals surface area (Å²) in [5.41, 5.74) is 0.927. The van der Waals surface area contributed by atoms with Crippen molar-refractivity contribution in [2.75, 3.05) is 14.2 Å². The maximum Gasteiger partial charge on any atom is 0.331 e. The predicted octanol–water partition coefficient (Wildman–Crippen LogP) is 1.18. The smallest absolute Gasteiger partial charge is 0.331 e. The van der Waals surface area contributed by atoms with E-state index in [9.17, 15) is 9.59 Å². The van der Waals surface area contributed by atoms with Crippen LogP contribution in [0.2, 0.25) is 0 Å². The number of ether oxygens (including phenoxy) is 1. The van der Waals surface area contributed by atoms with Crippen LogP contribution in [-0.2, 0) is 25.6 Å². The maximum absolute atomic E-state index is 11.7. The van der Waals surface area contributed by atoms with Gasteiger partial charge in [-0.15, -0.1) is 0 Å². The van der Waals surface area contributed by atoms with Crippen LogP contribution < -0.4 is 0 Å². The molecule has 0 aliphatic heterocycles. The lowest BCUT2D eigenvalue weighted by atomic mass is 10.1. The molecule has 0 saturated carbocycles. The first-order valence-electron chi connectivity index (χ1n) is 5.55. The number of hydrogen-bond donors (Lipinski definition) is 0. The molecule has 5 nitrogen and oxygen atoms in total. The Hall–Kier alpha value is -1.88. The van der Waals surface area contributed by atoms with Gasteiger partial charge >= 0.3 is 5.97 Å². The largest absolute Gasteiger partial charge is 0.467 e. The fourth-order valence-corrected chi connectivity index (χ4v) is 1.71. The summed E-state index contributed by atoms with van der Waals surface area (Å²) in [7, 11) is 2.64. The van der Waals surface area contributed by atoms with E-state index in [-0.39, 0.29) is 5.91 Å². The molecule has 1 aromatic rings. The minimum Gasteiger partial charge on any atom is -0.467 e. The molecule has 1 rings (SSSR count). The van der Waals surface area contributed by atoms with E-state index >= 15 is 0 Å². The lowest BCUT2D eigenvalue weighted by Gasteiger charge is -2.26. The Morgan fingerprint density at radius 2 is 1.83 bits per heavy atom. The highest BCUT2D eigenvalue weighted by molar-refractivity contribution is 5.82. The van der Waals surface area contributed by atoms with Crippen LogP contribution in [0.1, 0.15) is 12.5 Å². The van der Waals surface area contributed by atoms with Gasteiger partial charge in [0.2, 0.25) is 5.91 Å². The van der Waals surface area contributed by atoms with Crippen LogP contribution in [0.25, 0.3) is 0 Å². The van der Waals surface area contributed by atoms with Crippen molar-refractivity contribution in [3.05, 3.63) is 35.9 Å². The van der Waals surface area contributed by atoms with E-state index in [0.717, 1.165) is 10.6 Å². The van der Waals surface area contributed by atoms with Gasteiger partial charge in [-0.25, -0.2) is 9.86 Å². The predicted molar refractivity (Wildman–Crippen MR) is 65.5 cm³/mol. The molecule has 0 aliphatic rings. The second-order valence-electron chi connectivity index (χ2n) is 3.76. The molecule has 1 aromatic carbocycles. The molecule has 0 aromatic heterocycles. The van der Waals surface area contributed by atoms with Crippen LogP contribution in [0, 0.1) is 0 Å². The highest BCUT2D eigenvalue weighted by Gasteiger charge is 2.29. The van der Waals surface area contributed by atoms with Crippen molar-refractivity contribution in [1.82, 2.24) is 5.06 Å². The lowest BCUT2D eigenvalue weighted by molar-refractivity contribution is -0.195. The molecule has 1 amide bonds. The van der Waals surface area contributed by atoms with Crippen molar-refractivity contribution in [2.24, 2.45) is 0 Å². The molecule has 1 unspecified atom stereocenters. The molecular weight excluding hydrogens is 234 g/mol. The number of hydroxylamine groups is 2. The van der Waals surface area contributed by atoms with Crippen LogP contribution in [0.4, 0.5) is 0 Å². The Labute approximate surface area is 106 Å². The molecule has 98 valence electrons. The van der Waals surface area contributed by atoms with Crippen LogP contribution in [0.3, 0.4) is 0 Å². The number of carbonyl (C=O) groups is 2. The van der Waals surface area contributed by atoms with Crippen molar-refractivity contribution >= 4 is 11.9 Å². The third kappa shape index (κ3) is 3.56. The molecule has 0 aliphatic carbocycles. The molecule has 0 fully saturated rings. The number of methoxy groups -OCH3 is 1. The van der Waals surface area contributed by atoms with Gasteiger partial charge in [-0.1, -0.05) is 30.3 Å². The first-order chi connectivity index (χ1) is 8.60. The molecular formula is C13H17NO4. The zero-order valence-electron chi connectivity index (χ0n) is 10.8. The Bertz CT molecular complexity index is 405. The fourth-order valence-electron chi connectivity index (χ4n) is 1.71. The van der Waals surface area contributed by atoms with Gasteiger partial charge in [-0.3, -0.25) is 9.63 Å². The summed E-state index contributed by atoms with van der Waals surface area (Å²) in [4.78, 5) is 28.1. The van der Waals surface area contributed by atoms with Gasteiger partial charge in [0.05, 0.1) is 14.2 Å². The Morgan fingerprint density at radius 3 is 2.28 bits per heavy atom. The number of amides is 1. The van der Waals surface area contributed by atoms with E-state index in [2.05, 4.69) is 0 Å². The van der Waals surface area contributed by atoms with E-state index in [1.165, 1.54) is 21.1 Å². The molecule has 18 heavy (non-hydrogen) atoms. The number of hydrogen-bond acceptors (Lipinski definition) is 4. The molecule has 0 bridgehead atoms. The highest BCUT2D eigenvalue weighted by atomic mass is 16.7. The number of carbonyl (C=O) groups excluding carboxylic acids is 2. The molecule has 0 spiro atoms. The van der Waals surface area contributed by atoms with Crippen molar-refractivity contribution in [3.63, 3.8) is 0 Å². The van der Waals surface area contributed by atoms with Crippen LogP contribution in [0.5, 0.6) is 0 Å². The topological polar surface area (TPSA) is 55.8 Å². The quantitative estimate of drug-likeness (QED) is 0.582. The fraction of sp³-hybridized carbons (Fsp3) is 0.385. The molecule has 0 saturated heterocycles. The SMILES string of the molecule is COC(=O)C(Cc1ccccc1)N(OC)C(C)=O.